The highest BCUT2D eigenvalue weighted by Crippen LogP contribution is 2.39. The summed E-state index contributed by atoms with van der Waals surface area (Å²) in [5.41, 5.74) is 4.55. The van der Waals surface area contributed by atoms with E-state index in [4.69, 9.17) is 0 Å². The van der Waals surface area contributed by atoms with Crippen molar-refractivity contribution in [3.8, 4) is 17.2 Å². The SMILES string of the molecule is [2H][C@@](Nc1cc(-c2cnc(C)nc2)c2ncc(C#N)c(NCC(C)(C)C)c2c1)(c1ccc(F)cc1)c1cn(C2CC2)nn1. The number of halogens is 1. The first-order valence-corrected chi connectivity index (χ1v) is 13.9. The lowest BCUT2D eigenvalue weighted by molar-refractivity contribution is 0.443. The molecule has 0 saturated heterocycles. The molecule has 0 spiro atoms. The second kappa shape index (κ2) is 10.8. The van der Waals surface area contributed by atoms with Crippen LogP contribution in [0.5, 0.6) is 0 Å². The summed E-state index contributed by atoms with van der Waals surface area (Å²) >= 11 is 0. The molecule has 5 aromatic rings. The number of nitrogens with zero attached hydrogens (tertiary/aromatic N) is 7. The molecule has 0 amide bonds. The third kappa shape index (κ3) is 5.77. The highest BCUT2D eigenvalue weighted by molar-refractivity contribution is 6.04. The van der Waals surface area contributed by atoms with Crippen molar-refractivity contribution in [1.29, 1.82) is 5.26 Å². The monoisotopic (exact) mass is 562 g/mol. The van der Waals surface area contributed by atoms with Gasteiger partial charge in [0.1, 0.15) is 23.4 Å². The van der Waals surface area contributed by atoms with E-state index in [1.165, 1.54) is 12.1 Å². The number of aromatic nitrogens is 6. The van der Waals surface area contributed by atoms with Crippen molar-refractivity contribution in [2.24, 2.45) is 5.41 Å². The number of rotatable bonds is 8. The summed E-state index contributed by atoms with van der Waals surface area (Å²) in [5, 5.41) is 26.2. The van der Waals surface area contributed by atoms with Crippen LogP contribution in [0.3, 0.4) is 0 Å². The van der Waals surface area contributed by atoms with Gasteiger partial charge in [-0.25, -0.2) is 19.0 Å². The molecule has 1 atom stereocenters. The molecule has 1 aliphatic rings. The van der Waals surface area contributed by atoms with E-state index in [9.17, 15) is 11.0 Å². The summed E-state index contributed by atoms with van der Waals surface area (Å²) in [6.07, 6.45) is 8.85. The zero-order valence-corrected chi connectivity index (χ0v) is 24.0. The van der Waals surface area contributed by atoms with Gasteiger partial charge in [-0.15, -0.1) is 5.10 Å². The number of nitrogens with one attached hydrogen (secondary N) is 2. The van der Waals surface area contributed by atoms with Crippen LogP contribution in [0.4, 0.5) is 15.8 Å². The zero-order valence-electron chi connectivity index (χ0n) is 25.0. The Balaban J connectivity index is 1.55. The van der Waals surface area contributed by atoms with Gasteiger partial charge in [0.05, 0.1) is 36.4 Å². The third-order valence-electron chi connectivity index (χ3n) is 7.07. The second-order valence-corrected chi connectivity index (χ2v) is 11.8. The molecule has 6 rings (SSSR count). The summed E-state index contributed by atoms with van der Waals surface area (Å²) in [7, 11) is 0. The van der Waals surface area contributed by atoms with Crippen LogP contribution in [0, 0.1) is 29.5 Å². The highest BCUT2D eigenvalue weighted by atomic mass is 19.1. The minimum atomic E-state index is -1.62. The van der Waals surface area contributed by atoms with Crippen LogP contribution in [0.1, 0.15) is 69.7 Å². The van der Waals surface area contributed by atoms with E-state index < -0.39 is 11.8 Å². The van der Waals surface area contributed by atoms with Crippen molar-refractivity contribution in [2.75, 3.05) is 17.2 Å². The summed E-state index contributed by atoms with van der Waals surface area (Å²) in [6.45, 7) is 8.78. The lowest BCUT2D eigenvalue weighted by atomic mass is 9.95. The molecular weight excluding hydrogens is 529 g/mol. The fourth-order valence-corrected chi connectivity index (χ4v) is 4.71. The van der Waals surface area contributed by atoms with Crippen molar-refractivity contribution in [3.05, 3.63) is 89.6 Å². The quantitative estimate of drug-likeness (QED) is 0.217. The zero-order chi connectivity index (χ0) is 30.4. The molecule has 0 aliphatic heterocycles. The van der Waals surface area contributed by atoms with E-state index >= 15 is 0 Å². The molecule has 0 radical (unpaired) electrons. The van der Waals surface area contributed by atoms with Crippen LogP contribution >= 0.6 is 0 Å². The molecule has 212 valence electrons. The van der Waals surface area contributed by atoms with E-state index in [0.29, 0.717) is 51.5 Å². The molecule has 2 N–H and O–H groups in total. The smallest absolute Gasteiger partial charge is 0.125 e. The largest absolute Gasteiger partial charge is 0.383 e. The molecule has 1 fully saturated rings. The summed E-state index contributed by atoms with van der Waals surface area (Å²) in [5.74, 6) is 0.236. The fourth-order valence-electron chi connectivity index (χ4n) is 4.71. The minimum absolute atomic E-state index is 0.0574. The predicted molar refractivity (Wildman–Crippen MR) is 160 cm³/mol. The van der Waals surface area contributed by atoms with Crippen molar-refractivity contribution in [1.82, 2.24) is 29.9 Å². The van der Waals surface area contributed by atoms with Crippen LogP contribution in [0.15, 0.2) is 61.2 Å². The van der Waals surface area contributed by atoms with Crippen LogP contribution in [-0.2, 0) is 0 Å². The number of benzene rings is 2. The average Bonchev–Trinajstić information content (AvgIpc) is 3.71. The van der Waals surface area contributed by atoms with Gasteiger partial charge in [-0.05, 0) is 55.0 Å². The lowest BCUT2D eigenvalue weighted by Crippen LogP contribution is -2.20. The molecular formula is C32H32FN9. The predicted octanol–water partition coefficient (Wildman–Crippen LogP) is 6.60. The van der Waals surface area contributed by atoms with Crippen LogP contribution in [0.2, 0.25) is 0 Å². The maximum Gasteiger partial charge on any atom is 0.125 e. The molecule has 42 heavy (non-hydrogen) atoms. The Bertz CT molecular complexity index is 1840. The van der Waals surface area contributed by atoms with Crippen molar-refractivity contribution in [3.63, 3.8) is 0 Å². The molecule has 0 unspecified atom stereocenters. The number of hydrogen-bond donors (Lipinski definition) is 2. The molecule has 1 saturated carbocycles. The van der Waals surface area contributed by atoms with Gasteiger partial charge in [-0.2, -0.15) is 5.26 Å². The standard InChI is InChI=1S/C32H32FN9/c1-19-35-15-22(16-36-19)26-11-24(12-27-29(38-18-32(2,3)4)21(13-34)14-37-31(26)27)39-30(20-5-7-23(33)8-6-20)28-17-42(41-40-28)25-9-10-25/h5-8,11-12,14-17,25,30,39H,9-10,18H2,1-4H3,(H,37,38)/t30-/m1/s1/i30D. The number of aryl methyl sites for hydroxylation is 1. The summed E-state index contributed by atoms with van der Waals surface area (Å²) in [4.78, 5) is 13.5. The Morgan fingerprint density at radius 1 is 1.12 bits per heavy atom. The number of pyridine rings is 1. The van der Waals surface area contributed by atoms with Gasteiger partial charge in [0, 0.05) is 47.3 Å². The third-order valence-corrected chi connectivity index (χ3v) is 7.07. The van der Waals surface area contributed by atoms with E-state index in [1.54, 1.807) is 41.6 Å². The van der Waals surface area contributed by atoms with Gasteiger partial charge in [-0.1, -0.05) is 38.1 Å². The Morgan fingerprint density at radius 3 is 2.52 bits per heavy atom. The first-order valence-electron chi connectivity index (χ1n) is 14.4. The normalized spacial score (nSPS) is 15.1. The Kier molecular flexibility index (Phi) is 6.70. The van der Waals surface area contributed by atoms with Crippen LogP contribution in [-0.4, -0.2) is 36.5 Å². The molecule has 9 nitrogen and oxygen atoms in total. The van der Waals surface area contributed by atoms with Gasteiger partial charge in [0.2, 0.25) is 0 Å². The summed E-state index contributed by atoms with van der Waals surface area (Å²) in [6, 6.07) is 10.5. The van der Waals surface area contributed by atoms with Gasteiger partial charge in [0.25, 0.3) is 0 Å². The van der Waals surface area contributed by atoms with E-state index in [2.05, 4.69) is 62.7 Å². The van der Waals surface area contributed by atoms with Crippen molar-refractivity contribution < 1.29 is 5.76 Å². The van der Waals surface area contributed by atoms with Crippen LogP contribution in [0.25, 0.3) is 22.0 Å². The van der Waals surface area contributed by atoms with Gasteiger partial charge in [0.15, 0.2) is 0 Å². The number of hydrogen-bond acceptors (Lipinski definition) is 8. The Labute approximate surface area is 245 Å². The van der Waals surface area contributed by atoms with Gasteiger partial charge < -0.3 is 10.6 Å². The van der Waals surface area contributed by atoms with E-state index in [0.717, 1.165) is 24.0 Å². The molecule has 2 aromatic carbocycles. The van der Waals surface area contributed by atoms with Crippen molar-refractivity contribution in [2.45, 2.75) is 52.6 Å². The average molecular weight is 563 g/mol. The fraction of sp³-hybridized carbons (Fsp3) is 0.312. The molecule has 1 aliphatic carbocycles. The number of nitriles is 1. The van der Waals surface area contributed by atoms with Gasteiger partial charge >= 0.3 is 0 Å². The molecule has 3 heterocycles. The van der Waals surface area contributed by atoms with Gasteiger partial charge in [-0.3, -0.25) is 4.98 Å². The number of anilines is 2. The Hall–Kier alpha value is -4.91. The molecule has 10 heteroatoms. The molecule has 3 aromatic heterocycles. The summed E-state index contributed by atoms with van der Waals surface area (Å²) < 4.78 is 25.5. The first-order chi connectivity index (χ1) is 20.5. The van der Waals surface area contributed by atoms with E-state index in [1.807, 2.05) is 19.1 Å². The first kappa shape index (κ1) is 26.0. The number of fused-ring (bicyclic) bond motifs is 1. The lowest BCUT2D eigenvalue weighted by Gasteiger charge is -2.23. The molecule has 0 bridgehead atoms. The van der Waals surface area contributed by atoms with Crippen molar-refractivity contribution >= 4 is 22.3 Å². The highest BCUT2D eigenvalue weighted by Gasteiger charge is 2.27. The van der Waals surface area contributed by atoms with Crippen LogP contribution < -0.4 is 10.6 Å². The minimum Gasteiger partial charge on any atom is -0.383 e. The topological polar surface area (TPSA) is 117 Å². The maximum absolute atomic E-state index is 14.0. The van der Waals surface area contributed by atoms with E-state index in [-0.39, 0.29) is 11.5 Å². The maximum atomic E-state index is 14.0. The second-order valence-electron chi connectivity index (χ2n) is 11.8. The Morgan fingerprint density at radius 2 is 1.86 bits per heavy atom.